The summed E-state index contributed by atoms with van der Waals surface area (Å²) in [6, 6.07) is 10.8. The molecule has 0 N–H and O–H groups in total. The lowest BCUT2D eigenvalue weighted by Crippen LogP contribution is -2.44. The van der Waals surface area contributed by atoms with Gasteiger partial charge in [0.1, 0.15) is 12.4 Å². The number of hydrogen-bond acceptors (Lipinski definition) is 5. The smallest absolute Gasteiger partial charge is 0.223 e. The Kier molecular flexibility index (Phi) is 5.72. The van der Waals surface area contributed by atoms with Crippen molar-refractivity contribution in [1.29, 1.82) is 0 Å². The number of benzene rings is 1. The first kappa shape index (κ1) is 17.1. The molecule has 0 radical (unpaired) electrons. The van der Waals surface area contributed by atoms with Gasteiger partial charge in [0.2, 0.25) is 11.8 Å². The molecule has 3 rings (SSSR count). The fourth-order valence-corrected chi connectivity index (χ4v) is 2.93. The van der Waals surface area contributed by atoms with E-state index in [0.29, 0.717) is 24.5 Å². The minimum atomic E-state index is -0.0718. The van der Waals surface area contributed by atoms with Gasteiger partial charge in [-0.15, -0.1) is 0 Å². The highest BCUT2D eigenvalue weighted by molar-refractivity contribution is 5.97. The number of amides is 1. The van der Waals surface area contributed by atoms with E-state index in [1.807, 2.05) is 18.2 Å². The second-order valence-electron chi connectivity index (χ2n) is 6.06. The molecule has 130 valence electrons. The largest absolute Gasteiger partial charge is 0.472 e. The molecule has 2 heterocycles. The first-order chi connectivity index (χ1) is 12.2. The number of hydrogen-bond donors (Lipinski definition) is 0. The first-order valence-corrected chi connectivity index (χ1v) is 8.51. The van der Waals surface area contributed by atoms with Gasteiger partial charge in [-0.1, -0.05) is 30.3 Å². The number of carbonyl (C=O) groups is 2. The minimum absolute atomic E-state index is 0.000236. The third kappa shape index (κ3) is 4.86. The van der Waals surface area contributed by atoms with Crippen molar-refractivity contribution in [2.24, 2.45) is 0 Å². The highest BCUT2D eigenvalue weighted by Gasteiger charge is 2.25. The molecule has 1 aliphatic heterocycles. The first-order valence-electron chi connectivity index (χ1n) is 8.51. The zero-order valence-electron chi connectivity index (χ0n) is 14.0. The van der Waals surface area contributed by atoms with Crippen LogP contribution in [-0.2, 0) is 4.79 Å². The van der Waals surface area contributed by atoms with Crippen LogP contribution in [-0.4, -0.2) is 45.8 Å². The number of carbonyl (C=O) groups excluding carboxylic acids is 2. The summed E-state index contributed by atoms with van der Waals surface area (Å²) in [6.07, 6.45) is 5.23. The van der Waals surface area contributed by atoms with E-state index in [1.165, 1.54) is 6.33 Å². The number of ether oxygens (including phenoxy) is 1. The summed E-state index contributed by atoms with van der Waals surface area (Å²) < 4.78 is 5.82. The summed E-state index contributed by atoms with van der Waals surface area (Å²) in [5.74, 6) is 0.522. The molecular formula is C19H21N3O3. The van der Waals surface area contributed by atoms with Crippen molar-refractivity contribution < 1.29 is 14.3 Å². The van der Waals surface area contributed by atoms with Gasteiger partial charge in [0.15, 0.2) is 5.78 Å². The van der Waals surface area contributed by atoms with Gasteiger partial charge in [-0.3, -0.25) is 9.59 Å². The Bertz CT molecular complexity index is 706. The van der Waals surface area contributed by atoms with Gasteiger partial charge in [0.05, 0.1) is 6.54 Å². The van der Waals surface area contributed by atoms with Crippen molar-refractivity contribution in [3.05, 3.63) is 54.5 Å². The Morgan fingerprint density at radius 3 is 2.76 bits per heavy atom. The number of piperidine rings is 1. The number of nitrogens with zero attached hydrogens (tertiary/aromatic N) is 3. The van der Waals surface area contributed by atoms with E-state index in [0.717, 1.165) is 12.8 Å². The molecule has 6 nitrogen and oxygen atoms in total. The molecule has 1 amide bonds. The molecule has 1 saturated heterocycles. The lowest BCUT2D eigenvalue weighted by Gasteiger charge is -2.32. The third-order valence-corrected chi connectivity index (χ3v) is 4.23. The molecule has 0 spiro atoms. The van der Waals surface area contributed by atoms with Gasteiger partial charge in [0.25, 0.3) is 0 Å². The van der Waals surface area contributed by atoms with Crippen LogP contribution in [0.3, 0.4) is 0 Å². The van der Waals surface area contributed by atoms with Gasteiger partial charge in [-0.25, -0.2) is 9.97 Å². The highest BCUT2D eigenvalue weighted by atomic mass is 16.5. The van der Waals surface area contributed by atoms with Gasteiger partial charge >= 0.3 is 0 Å². The maximum Gasteiger partial charge on any atom is 0.223 e. The van der Waals surface area contributed by atoms with E-state index < -0.39 is 0 Å². The number of aromatic nitrogens is 2. The van der Waals surface area contributed by atoms with Crippen molar-refractivity contribution in [2.75, 3.05) is 13.1 Å². The standard InChI is InChI=1S/C19H21N3O3/c23-17(15-5-2-1-3-6-15)8-9-19(24)22-12-4-7-16(13-22)25-18-10-11-20-14-21-18/h1-3,5-6,10-11,14,16H,4,7-9,12-13H2. The Balaban J connectivity index is 1.49. The van der Waals surface area contributed by atoms with Crippen molar-refractivity contribution in [1.82, 2.24) is 14.9 Å². The van der Waals surface area contributed by atoms with Crippen molar-refractivity contribution in [3.63, 3.8) is 0 Å². The van der Waals surface area contributed by atoms with E-state index in [1.54, 1.807) is 29.3 Å². The molecule has 1 aromatic carbocycles. The number of rotatable bonds is 6. The van der Waals surface area contributed by atoms with Crippen LogP contribution in [0.4, 0.5) is 0 Å². The van der Waals surface area contributed by atoms with Gasteiger partial charge in [0, 0.05) is 37.2 Å². The van der Waals surface area contributed by atoms with Gasteiger partial charge in [-0.2, -0.15) is 0 Å². The molecule has 0 aliphatic carbocycles. The Hall–Kier alpha value is -2.76. The summed E-state index contributed by atoms with van der Waals surface area (Å²) >= 11 is 0. The van der Waals surface area contributed by atoms with Crippen LogP contribution < -0.4 is 4.74 Å². The maximum absolute atomic E-state index is 12.4. The SMILES string of the molecule is O=C(CCC(=O)N1CCCC(Oc2ccncn2)C1)c1ccccc1. The quantitative estimate of drug-likeness (QED) is 0.756. The molecule has 1 unspecified atom stereocenters. The maximum atomic E-state index is 12.4. The molecule has 2 aromatic rings. The molecule has 1 atom stereocenters. The summed E-state index contributed by atoms with van der Waals surface area (Å²) in [7, 11) is 0. The van der Waals surface area contributed by atoms with Crippen molar-refractivity contribution in [3.8, 4) is 5.88 Å². The molecule has 0 bridgehead atoms. The van der Waals surface area contributed by atoms with Crippen LogP contribution >= 0.6 is 0 Å². The normalized spacial score (nSPS) is 17.1. The molecular weight excluding hydrogens is 318 g/mol. The van der Waals surface area contributed by atoms with E-state index >= 15 is 0 Å². The average Bonchev–Trinajstić information content (AvgIpc) is 2.67. The van der Waals surface area contributed by atoms with Crippen LogP contribution in [0.1, 0.15) is 36.0 Å². The number of ketones is 1. The predicted molar refractivity (Wildman–Crippen MR) is 92.3 cm³/mol. The van der Waals surface area contributed by atoms with E-state index in [2.05, 4.69) is 9.97 Å². The Morgan fingerprint density at radius 1 is 1.16 bits per heavy atom. The summed E-state index contributed by atoms with van der Waals surface area (Å²) in [4.78, 5) is 34.3. The Labute approximate surface area is 146 Å². The monoisotopic (exact) mass is 339 g/mol. The highest BCUT2D eigenvalue weighted by Crippen LogP contribution is 2.17. The Morgan fingerprint density at radius 2 is 2.00 bits per heavy atom. The fraction of sp³-hybridized carbons (Fsp3) is 0.368. The van der Waals surface area contributed by atoms with E-state index in [-0.39, 0.29) is 30.6 Å². The van der Waals surface area contributed by atoms with E-state index in [9.17, 15) is 9.59 Å². The molecule has 1 fully saturated rings. The second-order valence-corrected chi connectivity index (χ2v) is 6.06. The number of Topliss-reactive ketones (excluding diaryl/α,β-unsaturated/α-hetero) is 1. The summed E-state index contributed by atoms with van der Waals surface area (Å²) in [6.45, 7) is 1.24. The topological polar surface area (TPSA) is 72.4 Å². The molecule has 1 aromatic heterocycles. The van der Waals surface area contributed by atoms with Gasteiger partial charge < -0.3 is 9.64 Å². The zero-order chi connectivity index (χ0) is 17.5. The van der Waals surface area contributed by atoms with Crippen molar-refractivity contribution in [2.45, 2.75) is 31.8 Å². The van der Waals surface area contributed by atoms with Crippen LogP contribution in [0.5, 0.6) is 5.88 Å². The minimum Gasteiger partial charge on any atom is -0.472 e. The van der Waals surface area contributed by atoms with Crippen LogP contribution in [0, 0.1) is 0 Å². The van der Waals surface area contributed by atoms with Crippen LogP contribution in [0.25, 0.3) is 0 Å². The van der Waals surface area contributed by atoms with Crippen LogP contribution in [0.15, 0.2) is 48.9 Å². The average molecular weight is 339 g/mol. The van der Waals surface area contributed by atoms with Crippen molar-refractivity contribution >= 4 is 11.7 Å². The molecule has 1 aliphatic rings. The molecule has 6 heteroatoms. The molecule has 0 saturated carbocycles. The summed E-state index contributed by atoms with van der Waals surface area (Å²) in [5, 5.41) is 0. The van der Waals surface area contributed by atoms with Gasteiger partial charge in [-0.05, 0) is 12.8 Å². The fourth-order valence-electron chi connectivity index (χ4n) is 2.93. The van der Waals surface area contributed by atoms with Crippen LogP contribution in [0.2, 0.25) is 0 Å². The third-order valence-electron chi connectivity index (χ3n) is 4.23. The lowest BCUT2D eigenvalue weighted by molar-refractivity contribution is -0.133. The molecule has 25 heavy (non-hydrogen) atoms. The van der Waals surface area contributed by atoms with E-state index in [4.69, 9.17) is 4.74 Å². The zero-order valence-corrected chi connectivity index (χ0v) is 14.0. The lowest BCUT2D eigenvalue weighted by atomic mass is 10.0. The second kappa shape index (κ2) is 8.37. The predicted octanol–water partition coefficient (Wildman–Crippen LogP) is 2.51. The summed E-state index contributed by atoms with van der Waals surface area (Å²) in [5.41, 5.74) is 0.652. The number of likely N-dealkylation sites (tertiary alicyclic amines) is 1.